The van der Waals surface area contributed by atoms with Gasteiger partial charge in [-0.05, 0) is 50.8 Å². The summed E-state index contributed by atoms with van der Waals surface area (Å²) in [4.78, 5) is 31.2. The molecule has 2 amide bonds. The molecule has 1 aromatic rings. The number of likely N-dealkylation sites (N-methyl/N-ethyl adjacent to an activating group) is 1. The van der Waals surface area contributed by atoms with Crippen LogP contribution in [0, 0.1) is 0 Å². The minimum atomic E-state index is -0.527. The summed E-state index contributed by atoms with van der Waals surface area (Å²) < 4.78 is 5.95. The van der Waals surface area contributed by atoms with Crippen molar-refractivity contribution in [3.8, 4) is 5.75 Å². The van der Waals surface area contributed by atoms with Crippen molar-refractivity contribution in [1.29, 1.82) is 0 Å². The van der Waals surface area contributed by atoms with E-state index in [1.165, 1.54) is 5.56 Å². The highest BCUT2D eigenvalue weighted by Crippen LogP contribution is 2.21. The third kappa shape index (κ3) is 6.74. The molecule has 6 nitrogen and oxygen atoms in total. The number of carbonyl (C=O) groups is 2. The van der Waals surface area contributed by atoms with Crippen molar-refractivity contribution in [1.82, 2.24) is 14.7 Å². The molecule has 1 aromatic carbocycles. The van der Waals surface area contributed by atoms with E-state index in [1.54, 1.807) is 0 Å². The lowest BCUT2D eigenvalue weighted by Gasteiger charge is -2.26. The molecule has 1 atom stereocenters. The first kappa shape index (κ1) is 23.2. The lowest BCUT2D eigenvalue weighted by molar-refractivity contribution is -0.137. The Morgan fingerprint density at radius 2 is 1.79 bits per heavy atom. The molecular formula is C23H37N3O3. The van der Waals surface area contributed by atoms with Gasteiger partial charge in [0, 0.05) is 39.3 Å². The van der Waals surface area contributed by atoms with Gasteiger partial charge in [0.2, 0.25) is 5.91 Å². The monoisotopic (exact) mass is 403 g/mol. The average Bonchev–Trinajstić information content (AvgIpc) is 2.94. The summed E-state index contributed by atoms with van der Waals surface area (Å²) in [7, 11) is 0. The van der Waals surface area contributed by atoms with Crippen molar-refractivity contribution in [2.24, 2.45) is 0 Å². The molecule has 162 valence electrons. The Labute approximate surface area is 175 Å². The SMILES string of the molecule is CCN(CC)C(=O)CN1CCCN(C(=O)C(C)Oc2cccc(C(C)C)c2)CC1. The number of rotatable bonds is 8. The van der Waals surface area contributed by atoms with Crippen molar-refractivity contribution in [3.05, 3.63) is 29.8 Å². The van der Waals surface area contributed by atoms with E-state index in [-0.39, 0.29) is 11.8 Å². The molecule has 0 bridgehead atoms. The second-order valence-corrected chi connectivity index (χ2v) is 8.01. The molecule has 1 saturated heterocycles. The maximum Gasteiger partial charge on any atom is 0.263 e. The van der Waals surface area contributed by atoms with Crippen molar-refractivity contribution < 1.29 is 14.3 Å². The van der Waals surface area contributed by atoms with Crippen LogP contribution in [0.25, 0.3) is 0 Å². The van der Waals surface area contributed by atoms with Gasteiger partial charge in [0.15, 0.2) is 6.10 Å². The molecule has 1 aliphatic heterocycles. The van der Waals surface area contributed by atoms with Crippen molar-refractivity contribution in [2.75, 3.05) is 45.8 Å². The highest BCUT2D eigenvalue weighted by molar-refractivity contribution is 5.81. The van der Waals surface area contributed by atoms with Crippen molar-refractivity contribution in [2.45, 2.75) is 53.1 Å². The molecule has 0 aliphatic carbocycles. The zero-order chi connectivity index (χ0) is 21.4. The van der Waals surface area contributed by atoms with E-state index in [1.807, 2.05) is 48.8 Å². The standard InChI is InChI=1S/C23H37N3O3/c1-6-25(7-2)22(27)17-24-12-9-13-26(15-14-24)23(28)19(5)29-21-11-8-10-20(16-21)18(3)4/h8,10-11,16,18-19H,6-7,9,12-15,17H2,1-5H3. The summed E-state index contributed by atoms with van der Waals surface area (Å²) in [6.07, 6.45) is 0.341. The van der Waals surface area contributed by atoms with Gasteiger partial charge in [-0.25, -0.2) is 0 Å². The summed E-state index contributed by atoms with van der Waals surface area (Å²) in [6.45, 7) is 14.9. The van der Waals surface area contributed by atoms with E-state index in [9.17, 15) is 9.59 Å². The smallest absolute Gasteiger partial charge is 0.263 e. The normalized spacial score (nSPS) is 16.4. The van der Waals surface area contributed by atoms with Gasteiger partial charge < -0.3 is 14.5 Å². The van der Waals surface area contributed by atoms with Gasteiger partial charge >= 0.3 is 0 Å². The first-order valence-corrected chi connectivity index (χ1v) is 10.9. The Morgan fingerprint density at radius 3 is 2.45 bits per heavy atom. The largest absolute Gasteiger partial charge is 0.481 e. The van der Waals surface area contributed by atoms with Crippen molar-refractivity contribution >= 4 is 11.8 Å². The summed E-state index contributed by atoms with van der Waals surface area (Å²) in [5, 5.41) is 0. The van der Waals surface area contributed by atoms with Crippen molar-refractivity contribution in [3.63, 3.8) is 0 Å². The fourth-order valence-corrected chi connectivity index (χ4v) is 3.68. The second-order valence-electron chi connectivity index (χ2n) is 8.01. The van der Waals surface area contributed by atoms with Crippen LogP contribution in [-0.4, -0.2) is 78.4 Å². The zero-order valence-electron chi connectivity index (χ0n) is 18.7. The van der Waals surface area contributed by atoms with Gasteiger partial charge in [0.1, 0.15) is 5.75 Å². The summed E-state index contributed by atoms with van der Waals surface area (Å²) >= 11 is 0. The van der Waals surface area contributed by atoms with E-state index in [0.29, 0.717) is 32.1 Å². The van der Waals surface area contributed by atoms with E-state index in [2.05, 4.69) is 24.8 Å². The van der Waals surface area contributed by atoms with Gasteiger partial charge in [-0.3, -0.25) is 14.5 Å². The molecule has 2 rings (SSSR count). The highest BCUT2D eigenvalue weighted by Gasteiger charge is 2.26. The van der Waals surface area contributed by atoms with Crippen LogP contribution in [0.1, 0.15) is 52.5 Å². The minimum absolute atomic E-state index is 0.0110. The summed E-state index contributed by atoms with van der Waals surface area (Å²) in [6, 6.07) is 7.96. The number of carbonyl (C=O) groups excluding carboxylic acids is 2. The van der Waals surface area contributed by atoms with Gasteiger partial charge in [0.05, 0.1) is 6.54 Å². The Kier molecular flexibility index (Phi) is 8.96. The highest BCUT2D eigenvalue weighted by atomic mass is 16.5. The van der Waals surface area contributed by atoms with E-state index in [0.717, 1.165) is 31.8 Å². The van der Waals surface area contributed by atoms with Crippen LogP contribution in [0.3, 0.4) is 0 Å². The molecule has 0 N–H and O–H groups in total. The average molecular weight is 404 g/mol. The predicted molar refractivity (Wildman–Crippen MR) is 116 cm³/mol. The molecule has 1 heterocycles. The van der Waals surface area contributed by atoms with Crippen LogP contribution in [0.4, 0.5) is 0 Å². The van der Waals surface area contributed by atoms with Gasteiger partial charge in [-0.1, -0.05) is 26.0 Å². The number of hydrogen-bond acceptors (Lipinski definition) is 4. The fraction of sp³-hybridized carbons (Fsp3) is 0.652. The van der Waals surface area contributed by atoms with E-state index >= 15 is 0 Å². The molecule has 0 spiro atoms. The van der Waals surface area contributed by atoms with Crippen LogP contribution in [0.15, 0.2) is 24.3 Å². The van der Waals surface area contributed by atoms with Gasteiger partial charge in [-0.15, -0.1) is 0 Å². The lowest BCUT2D eigenvalue weighted by atomic mass is 10.0. The van der Waals surface area contributed by atoms with Gasteiger partial charge in [0.25, 0.3) is 5.91 Å². The van der Waals surface area contributed by atoms with E-state index < -0.39 is 6.10 Å². The Balaban J connectivity index is 1.89. The molecule has 0 aromatic heterocycles. The zero-order valence-corrected chi connectivity index (χ0v) is 18.7. The molecule has 6 heteroatoms. The topological polar surface area (TPSA) is 53.1 Å². The van der Waals surface area contributed by atoms with Crippen LogP contribution >= 0.6 is 0 Å². The molecule has 1 unspecified atom stereocenters. The number of amides is 2. The first-order valence-electron chi connectivity index (χ1n) is 10.9. The third-order valence-corrected chi connectivity index (χ3v) is 5.56. The lowest BCUT2D eigenvalue weighted by Crippen LogP contribution is -2.44. The molecule has 0 radical (unpaired) electrons. The maximum absolute atomic E-state index is 12.9. The summed E-state index contributed by atoms with van der Waals surface area (Å²) in [5.41, 5.74) is 1.20. The Bertz CT molecular complexity index is 673. The van der Waals surface area contributed by atoms with Crippen LogP contribution in [0.2, 0.25) is 0 Å². The minimum Gasteiger partial charge on any atom is -0.481 e. The number of benzene rings is 1. The maximum atomic E-state index is 12.9. The molecule has 1 aliphatic rings. The molecule has 0 saturated carbocycles. The van der Waals surface area contributed by atoms with Gasteiger partial charge in [-0.2, -0.15) is 0 Å². The van der Waals surface area contributed by atoms with Crippen LogP contribution in [0.5, 0.6) is 5.75 Å². The molecule has 29 heavy (non-hydrogen) atoms. The number of hydrogen-bond donors (Lipinski definition) is 0. The number of ether oxygens (including phenoxy) is 1. The third-order valence-electron chi connectivity index (χ3n) is 5.56. The second kappa shape index (κ2) is 11.2. The summed E-state index contributed by atoms with van der Waals surface area (Å²) in [5.74, 6) is 1.33. The Hall–Kier alpha value is -2.08. The Morgan fingerprint density at radius 1 is 1.07 bits per heavy atom. The number of nitrogens with zero attached hydrogens (tertiary/aromatic N) is 3. The molecule has 1 fully saturated rings. The van der Waals surface area contributed by atoms with E-state index in [4.69, 9.17) is 4.74 Å². The molecular weight excluding hydrogens is 366 g/mol. The predicted octanol–water partition coefficient (Wildman–Crippen LogP) is 2.98. The van der Waals surface area contributed by atoms with Crippen LogP contribution < -0.4 is 4.74 Å². The first-order chi connectivity index (χ1) is 13.8. The fourth-order valence-electron chi connectivity index (χ4n) is 3.68. The van der Waals surface area contributed by atoms with Crippen LogP contribution in [-0.2, 0) is 9.59 Å². The quantitative estimate of drug-likeness (QED) is 0.670.